The second-order valence-corrected chi connectivity index (χ2v) is 36.1. The lowest BCUT2D eigenvalue weighted by Gasteiger charge is -2.50. The second kappa shape index (κ2) is 43.8. The van der Waals surface area contributed by atoms with Crippen LogP contribution in [0.4, 0.5) is 5.69 Å². The fraction of sp³-hybridized carbons (Fsp3) is 0.817. The SMILES string of the molecule is O=C(O)[C@H]1O[C@@H](O[C@H]2[C@H](O)[C@@H](NS(=O)(=O)O)[C@@H](O[C@H]3[C@H](O)[C@@H](O)[C@H](O[C@H]4[C@H](O)[C@@H](NS(=O)(=O)O)[C@@H](O[C@H]5[C@H](O)[C@@H](O)[C@H](O[C@H]6[C@H](O)[C@@H](NS(=O)(=O)O)[C@@H](O[C@H]7[C@H](O)[C@@H](O)[C@H](O[C@H]8[C@H](O)[C@@H](NS(=O)(=O)O)[C@@H](O[C@H]9[C@H](O)[C@@H](O)[C@H](Oc%10ccc([N+](=O)[O-])cc%10)O[C@@H]9C(=O)O)O[C@@H]8COS(=O)(=O)O)O[C@@H]7C(=O)O)O[C@@H]6CO)O[C@@H]5C(=O)O)O[C@@H]4CO)O[C@@H]3C(=O)O)O[C@@H]2CO)[C@H](O)[C@@H](O)[C@@H]1O. The summed E-state index contributed by atoms with van der Waals surface area (Å²) in [5, 5.41) is 264. The molecule has 9 aliphatic rings. The molecule has 9 fully saturated rings. The number of aliphatic hydroxyl groups excluding tert-OH is 18. The molecule has 9 heterocycles. The number of nitro groups is 1. The molecule has 45 atom stereocenters. The Morgan fingerprint density at radius 3 is 0.784 bits per heavy atom. The van der Waals surface area contributed by atoms with Gasteiger partial charge < -0.3 is 203 Å². The highest BCUT2D eigenvalue weighted by Crippen LogP contribution is 2.42. The van der Waals surface area contributed by atoms with Crippen LogP contribution in [0.15, 0.2) is 24.3 Å². The third-order valence-corrected chi connectivity index (χ3v) is 24.1. The number of hydrogen-bond donors (Lipinski definition) is 32. The Hall–Kier alpha value is -6.28. The number of carboxylic acid groups (broad SMARTS) is 5. The van der Waals surface area contributed by atoms with Gasteiger partial charge in [-0.1, -0.05) is 0 Å². The van der Waals surface area contributed by atoms with Crippen molar-refractivity contribution in [3.8, 4) is 5.75 Å². The number of hydrogen-bond acceptors (Lipinski definition) is 54. The molecule has 32 N–H and O–H groups in total. The number of nitro benzene ring substituents is 1. The van der Waals surface area contributed by atoms with Crippen LogP contribution in [0, 0.1) is 10.1 Å². The van der Waals surface area contributed by atoms with Gasteiger partial charge in [-0.05, 0) is 12.1 Å². The molecule has 9 saturated heterocycles. The average Bonchev–Trinajstić information content (AvgIpc) is 0.756. The maximum Gasteiger partial charge on any atom is 0.397 e. The van der Waals surface area contributed by atoms with E-state index in [0.29, 0.717) is 0 Å². The summed E-state index contributed by atoms with van der Waals surface area (Å²) >= 11 is 0. The van der Waals surface area contributed by atoms with Crippen molar-refractivity contribution >= 4 is 87.1 Å². The van der Waals surface area contributed by atoms with Crippen LogP contribution < -0.4 is 23.6 Å². The molecule has 69 nitrogen and oxygen atoms in total. The molecule has 134 heavy (non-hydrogen) atoms. The van der Waals surface area contributed by atoms with Gasteiger partial charge in [0.25, 0.3) is 5.69 Å². The zero-order valence-corrected chi connectivity index (χ0v) is 70.4. The summed E-state index contributed by atoms with van der Waals surface area (Å²) < 4.78 is 281. The van der Waals surface area contributed by atoms with Crippen molar-refractivity contribution in [3.05, 3.63) is 34.4 Å². The number of benzene rings is 1. The number of carboxylic acids is 5. The fourth-order valence-electron chi connectivity index (χ4n) is 15.1. The highest BCUT2D eigenvalue weighted by molar-refractivity contribution is 7.84. The molecule has 9 aliphatic heterocycles. The number of nitrogens with one attached hydrogen (secondary N) is 4. The largest absolute Gasteiger partial charge is 0.479 e. The normalized spacial score (nSPS) is 43.4. The lowest BCUT2D eigenvalue weighted by molar-refractivity contribution is -0.384. The van der Waals surface area contributed by atoms with E-state index in [-0.39, 0.29) is 5.75 Å². The van der Waals surface area contributed by atoms with E-state index in [9.17, 15) is 216 Å². The maximum atomic E-state index is 13.1. The highest BCUT2D eigenvalue weighted by Gasteiger charge is 2.64. The standard InChI is InChI=1S/C60H89N5O64S5/c66-5-11-34(117-57-29(79)23(73)24(74)42(125-57)47(84)85)19(69)15(61-130(96,97)98)52(113-11)121-39-26(76)31(81)58(127-44(39)49(88)89)118-35-12(6-67)114-53(16(20(35)70)62-131(99,100)101)122-40-27(77)32(82)59(128-45(40)50(90)91)119-36-13(7-68)115-54(17(21(36)71)63-132(102,103)104)123-41-28(78)33(83)60(129-46(41)51(92)93)120-37-14(8-111-134(108,109)110)116-55(18(22(37)72)64-133(105,106)107)124-38-25(75)30(80)56(126-43(38)48(86)87)112-10-3-1-9(2-4-10)65(94)95/h1-4,11-46,52-64,66-83H,5-8H2,(H,84,85)(H,86,87)(H,88,89)(H,90,91)(H,92,93)(H,96,97,98)(H,99,100,101)(H,102,103,104)(H,105,106,107)(H,108,109,110)/t11-,12-,13-,14-,15-,16-,17-,18-,19-,20-,21-,22-,23+,24+,25-,26-,27-,28-,29-,30-,31-,32-,33-,34-,35-,36-,37-,38+,39+,40+,41+,42+,43+,44+,45+,46+,52-,53-,54-,55-,56-,57-,58-,59-,60-/m1/s1. The van der Waals surface area contributed by atoms with Crippen molar-refractivity contribution in [2.24, 2.45) is 0 Å². The molecule has 1 aromatic carbocycles. The van der Waals surface area contributed by atoms with E-state index in [4.69, 9.17) is 85.3 Å². The number of rotatable bonds is 38. The number of non-ortho nitro benzene ring substituents is 1. The molecule has 0 aromatic heterocycles. The Morgan fingerprint density at radius 2 is 0.537 bits per heavy atom. The summed E-state index contributed by atoms with van der Waals surface area (Å²) in [6.45, 7) is -6.26. The number of aliphatic carboxylic acids is 5. The van der Waals surface area contributed by atoms with Crippen LogP contribution in [-0.4, -0.2) is 520 Å². The predicted octanol–water partition coefficient (Wildman–Crippen LogP) is -20.7. The minimum Gasteiger partial charge on any atom is -0.479 e. The zero-order chi connectivity index (χ0) is 100. The molecule has 0 saturated carbocycles. The van der Waals surface area contributed by atoms with Gasteiger partial charge in [-0.15, -0.1) is 0 Å². The molecular weight excluding hydrogens is 1970 g/mol. The smallest absolute Gasteiger partial charge is 0.397 e. The van der Waals surface area contributed by atoms with Gasteiger partial charge in [-0.2, -0.15) is 61.0 Å². The molecule has 0 radical (unpaired) electrons. The van der Waals surface area contributed by atoms with Crippen LogP contribution in [0.25, 0.3) is 0 Å². The molecule has 1 aromatic rings. The quantitative estimate of drug-likeness (QED) is 0.0166. The number of carbonyl (C=O) groups is 5. The Balaban J connectivity index is 0.828. The number of aliphatic hydroxyl groups is 18. The van der Waals surface area contributed by atoms with Gasteiger partial charge in [0.1, 0.15) is 195 Å². The van der Waals surface area contributed by atoms with E-state index in [1.807, 2.05) is 0 Å². The first-order valence-electron chi connectivity index (χ1n) is 37.9. The van der Waals surface area contributed by atoms with E-state index in [1.54, 1.807) is 0 Å². The Morgan fingerprint density at radius 1 is 0.306 bits per heavy atom. The molecule has 0 unspecified atom stereocenters. The lowest BCUT2D eigenvalue weighted by Crippen LogP contribution is -2.71. The minimum absolute atomic E-state index is 0.361. The molecule has 768 valence electrons. The fourth-order valence-corrected chi connectivity index (χ4v) is 17.8. The lowest BCUT2D eigenvalue weighted by atomic mass is 9.94. The molecule has 0 bridgehead atoms. The van der Waals surface area contributed by atoms with E-state index >= 15 is 0 Å². The predicted molar refractivity (Wildman–Crippen MR) is 392 cm³/mol. The van der Waals surface area contributed by atoms with Crippen molar-refractivity contribution < 1.29 is 301 Å². The van der Waals surface area contributed by atoms with Crippen LogP contribution in [0.5, 0.6) is 5.75 Å². The monoisotopic (exact) mass is 2060 g/mol. The third-order valence-electron chi connectivity index (χ3n) is 21.3. The summed E-state index contributed by atoms with van der Waals surface area (Å²) in [4.78, 5) is 74.0. The molecule has 0 amide bonds. The van der Waals surface area contributed by atoms with Gasteiger partial charge in [-0.25, -0.2) is 28.2 Å². The molecule has 74 heteroatoms. The summed E-state index contributed by atoms with van der Waals surface area (Å²) in [5.41, 5.74) is -0.493. The summed E-state index contributed by atoms with van der Waals surface area (Å²) in [6, 6.07) is -7.27. The van der Waals surface area contributed by atoms with Crippen molar-refractivity contribution in [2.75, 3.05) is 26.4 Å². The summed E-state index contributed by atoms with van der Waals surface area (Å²) in [5.74, 6) is -11.4. The van der Waals surface area contributed by atoms with Crippen molar-refractivity contribution in [2.45, 2.75) is 276 Å². The van der Waals surface area contributed by atoms with Crippen molar-refractivity contribution in [1.82, 2.24) is 18.9 Å². The van der Waals surface area contributed by atoms with E-state index < -0.39 is 395 Å². The van der Waals surface area contributed by atoms with Crippen molar-refractivity contribution in [1.29, 1.82) is 0 Å². The first-order chi connectivity index (χ1) is 62.1. The topological polar surface area (TPSA) is 1090 Å². The Bertz CT molecular complexity index is 4830. The highest BCUT2D eigenvalue weighted by atomic mass is 32.3. The van der Waals surface area contributed by atoms with Crippen LogP contribution in [0.3, 0.4) is 0 Å². The van der Waals surface area contributed by atoms with Crippen LogP contribution in [0.2, 0.25) is 0 Å². The van der Waals surface area contributed by atoms with Gasteiger partial charge in [0, 0.05) is 12.1 Å². The third kappa shape index (κ3) is 25.7. The summed E-state index contributed by atoms with van der Waals surface area (Å²) in [6.07, 6.45) is -109. The first kappa shape index (κ1) is 110. The van der Waals surface area contributed by atoms with Gasteiger partial charge in [0.2, 0.25) is 6.29 Å². The first-order valence-corrected chi connectivity index (χ1v) is 45.0. The summed E-state index contributed by atoms with van der Waals surface area (Å²) in [7, 11) is -28.8. The van der Waals surface area contributed by atoms with Crippen LogP contribution >= 0.6 is 0 Å². The number of nitrogens with zero attached hydrogens (tertiary/aromatic N) is 1. The molecular formula is C60H89N5O64S5. The van der Waals surface area contributed by atoms with Gasteiger partial charge in [0.15, 0.2) is 80.8 Å². The van der Waals surface area contributed by atoms with Gasteiger partial charge >= 0.3 is 81.5 Å². The molecule has 10 rings (SSSR count). The van der Waals surface area contributed by atoms with Crippen LogP contribution in [0.1, 0.15) is 0 Å². The van der Waals surface area contributed by atoms with Gasteiger partial charge in [0.05, 0.1) is 31.4 Å². The van der Waals surface area contributed by atoms with E-state index in [1.165, 1.54) is 18.9 Å². The average molecular weight is 2060 g/mol. The maximum absolute atomic E-state index is 13.1. The van der Waals surface area contributed by atoms with E-state index in [0.717, 1.165) is 24.3 Å². The van der Waals surface area contributed by atoms with Gasteiger partial charge in [-0.3, -0.25) is 32.9 Å². The Kier molecular flexibility index (Phi) is 35.9. The van der Waals surface area contributed by atoms with E-state index in [2.05, 4.69) is 4.18 Å². The Labute approximate surface area is 746 Å². The number of ether oxygens (including phenoxy) is 18. The zero-order valence-electron chi connectivity index (χ0n) is 66.3. The molecule has 0 spiro atoms. The van der Waals surface area contributed by atoms with Crippen molar-refractivity contribution in [3.63, 3.8) is 0 Å². The minimum atomic E-state index is -5.86. The van der Waals surface area contributed by atoms with Crippen LogP contribution in [-0.2, 0) is 160 Å². The molecule has 0 aliphatic carbocycles. The second-order valence-electron chi connectivity index (χ2n) is 30.3.